The van der Waals surface area contributed by atoms with Crippen LogP contribution in [-0.4, -0.2) is 26.4 Å². The summed E-state index contributed by atoms with van der Waals surface area (Å²) < 4.78 is 10.0. The van der Waals surface area contributed by atoms with Crippen molar-refractivity contribution in [3.8, 4) is 0 Å². The third kappa shape index (κ3) is 17.9. The molecular weight excluding hydrogens is 272 g/mol. The minimum Gasteiger partial charge on any atom is -0.359 e. The summed E-state index contributed by atoms with van der Waals surface area (Å²) in [5.41, 5.74) is 0. The molecule has 0 amide bonds. The summed E-state index contributed by atoms with van der Waals surface area (Å²) in [6, 6.07) is 0. The molecule has 0 saturated carbocycles. The number of unbranched alkanes of at least 4 members (excludes halogenated alkanes) is 9. The van der Waals surface area contributed by atoms with E-state index in [1.807, 2.05) is 0 Å². The maximum atomic E-state index is 5.65. The van der Waals surface area contributed by atoms with Gasteiger partial charge in [0.25, 0.3) is 0 Å². The highest BCUT2D eigenvalue weighted by Crippen LogP contribution is 2.11. The zero-order valence-corrected chi connectivity index (χ0v) is 14.0. The lowest BCUT2D eigenvalue weighted by atomic mass is 10.1. The summed E-state index contributed by atoms with van der Waals surface area (Å²) >= 11 is 5.65. The SMILES string of the molecule is COCOCCC=CCCCCCCCCCCCCl. The molecule has 0 heterocycles. The van der Waals surface area contributed by atoms with Crippen molar-refractivity contribution in [3.63, 3.8) is 0 Å². The highest BCUT2D eigenvalue weighted by atomic mass is 35.5. The van der Waals surface area contributed by atoms with Crippen molar-refractivity contribution in [1.82, 2.24) is 0 Å². The van der Waals surface area contributed by atoms with Crippen molar-refractivity contribution in [2.75, 3.05) is 26.4 Å². The molecule has 2 nitrogen and oxygen atoms in total. The molecule has 0 N–H and O–H groups in total. The van der Waals surface area contributed by atoms with Gasteiger partial charge in [0, 0.05) is 13.0 Å². The number of rotatable bonds is 16. The van der Waals surface area contributed by atoms with E-state index in [2.05, 4.69) is 12.2 Å². The van der Waals surface area contributed by atoms with Crippen LogP contribution in [0.3, 0.4) is 0 Å². The third-order valence-electron chi connectivity index (χ3n) is 3.30. The topological polar surface area (TPSA) is 18.5 Å². The van der Waals surface area contributed by atoms with E-state index in [1.165, 1.54) is 64.2 Å². The number of halogens is 1. The van der Waals surface area contributed by atoms with E-state index in [9.17, 15) is 0 Å². The highest BCUT2D eigenvalue weighted by Gasteiger charge is 1.92. The van der Waals surface area contributed by atoms with Crippen LogP contribution in [0.5, 0.6) is 0 Å². The second-order valence-corrected chi connectivity index (χ2v) is 5.61. The van der Waals surface area contributed by atoms with Gasteiger partial charge in [-0.3, -0.25) is 0 Å². The lowest BCUT2D eigenvalue weighted by molar-refractivity contribution is -0.0285. The van der Waals surface area contributed by atoms with Crippen molar-refractivity contribution in [1.29, 1.82) is 0 Å². The Morgan fingerprint density at radius 1 is 0.750 bits per heavy atom. The lowest BCUT2D eigenvalue weighted by Crippen LogP contribution is -1.96. The minimum atomic E-state index is 0.402. The summed E-state index contributed by atoms with van der Waals surface area (Å²) in [5, 5.41) is 0. The number of hydrogen-bond donors (Lipinski definition) is 0. The Kier molecular flexibility index (Phi) is 18.9. The fourth-order valence-electron chi connectivity index (χ4n) is 2.12. The van der Waals surface area contributed by atoms with Crippen LogP contribution >= 0.6 is 11.6 Å². The molecule has 0 aliphatic rings. The summed E-state index contributed by atoms with van der Waals surface area (Å²) in [5.74, 6) is 0.825. The summed E-state index contributed by atoms with van der Waals surface area (Å²) in [6.07, 6.45) is 18.8. The van der Waals surface area contributed by atoms with Gasteiger partial charge in [0.1, 0.15) is 6.79 Å². The molecule has 0 aromatic rings. The normalized spacial score (nSPS) is 11.5. The van der Waals surface area contributed by atoms with Gasteiger partial charge in [-0.2, -0.15) is 0 Å². The molecule has 0 fully saturated rings. The summed E-state index contributed by atoms with van der Waals surface area (Å²) in [4.78, 5) is 0. The second kappa shape index (κ2) is 18.9. The molecule has 0 rings (SSSR count). The second-order valence-electron chi connectivity index (χ2n) is 5.23. The molecule has 0 aromatic carbocycles. The first kappa shape index (κ1) is 19.9. The van der Waals surface area contributed by atoms with Gasteiger partial charge in [0.15, 0.2) is 0 Å². The minimum absolute atomic E-state index is 0.402. The van der Waals surface area contributed by atoms with Gasteiger partial charge in [0.05, 0.1) is 6.61 Å². The van der Waals surface area contributed by atoms with Crippen LogP contribution in [0.15, 0.2) is 12.2 Å². The predicted octanol–water partition coefficient (Wildman–Crippen LogP) is 5.69. The maximum absolute atomic E-state index is 5.65. The monoisotopic (exact) mass is 304 g/mol. The van der Waals surface area contributed by atoms with Gasteiger partial charge in [-0.25, -0.2) is 0 Å². The van der Waals surface area contributed by atoms with Crippen LogP contribution in [0.4, 0.5) is 0 Å². The molecule has 0 aliphatic heterocycles. The lowest BCUT2D eigenvalue weighted by Gasteiger charge is -2.01. The smallest absolute Gasteiger partial charge is 0.146 e. The van der Waals surface area contributed by atoms with E-state index in [0.29, 0.717) is 6.79 Å². The fraction of sp³-hybridized carbons (Fsp3) is 0.882. The average molecular weight is 305 g/mol. The predicted molar refractivity (Wildman–Crippen MR) is 88.5 cm³/mol. The molecule has 0 unspecified atom stereocenters. The zero-order valence-electron chi connectivity index (χ0n) is 13.2. The highest BCUT2D eigenvalue weighted by molar-refractivity contribution is 6.17. The Morgan fingerprint density at radius 2 is 1.30 bits per heavy atom. The molecule has 3 heteroatoms. The molecule has 0 aromatic heterocycles. The maximum Gasteiger partial charge on any atom is 0.146 e. The van der Waals surface area contributed by atoms with E-state index in [1.54, 1.807) is 7.11 Å². The van der Waals surface area contributed by atoms with Crippen molar-refractivity contribution >= 4 is 11.6 Å². The van der Waals surface area contributed by atoms with Crippen molar-refractivity contribution in [2.24, 2.45) is 0 Å². The Balaban J connectivity index is 3.00. The Hall–Kier alpha value is -0.0500. The van der Waals surface area contributed by atoms with E-state index in [-0.39, 0.29) is 0 Å². The van der Waals surface area contributed by atoms with Gasteiger partial charge in [-0.1, -0.05) is 57.1 Å². The van der Waals surface area contributed by atoms with E-state index in [0.717, 1.165) is 18.9 Å². The zero-order chi connectivity index (χ0) is 14.7. The standard InChI is InChI=1S/C17H33ClO2/c1-19-17-20-16-14-12-10-8-6-4-2-3-5-7-9-11-13-15-18/h10,12H,2-9,11,13-17H2,1H3. The van der Waals surface area contributed by atoms with Gasteiger partial charge in [-0.05, 0) is 25.7 Å². The van der Waals surface area contributed by atoms with E-state index >= 15 is 0 Å². The number of allylic oxidation sites excluding steroid dienone is 1. The fourth-order valence-corrected chi connectivity index (χ4v) is 2.31. The Morgan fingerprint density at radius 3 is 1.90 bits per heavy atom. The van der Waals surface area contributed by atoms with Gasteiger partial charge < -0.3 is 9.47 Å². The largest absolute Gasteiger partial charge is 0.359 e. The molecular formula is C17H33ClO2. The van der Waals surface area contributed by atoms with Crippen LogP contribution in [0.25, 0.3) is 0 Å². The first-order valence-corrected chi connectivity index (χ1v) is 8.73. The van der Waals surface area contributed by atoms with E-state index < -0.39 is 0 Å². The molecule has 0 atom stereocenters. The quantitative estimate of drug-likeness (QED) is 0.158. The molecule has 20 heavy (non-hydrogen) atoms. The molecule has 0 saturated heterocycles. The molecule has 0 bridgehead atoms. The number of alkyl halides is 1. The Labute approximate surface area is 130 Å². The number of ether oxygens (including phenoxy) is 2. The Bertz CT molecular complexity index is 195. The first-order valence-electron chi connectivity index (χ1n) is 8.19. The first-order chi connectivity index (χ1) is 9.91. The molecule has 0 spiro atoms. The third-order valence-corrected chi connectivity index (χ3v) is 3.57. The molecule has 0 aliphatic carbocycles. The summed E-state index contributed by atoms with van der Waals surface area (Å²) in [6.45, 7) is 1.16. The van der Waals surface area contributed by atoms with Gasteiger partial charge in [-0.15, -0.1) is 11.6 Å². The number of methoxy groups -OCH3 is 1. The van der Waals surface area contributed by atoms with Crippen LogP contribution in [-0.2, 0) is 9.47 Å². The van der Waals surface area contributed by atoms with Crippen LogP contribution in [0.2, 0.25) is 0 Å². The van der Waals surface area contributed by atoms with Crippen molar-refractivity contribution < 1.29 is 9.47 Å². The summed E-state index contributed by atoms with van der Waals surface area (Å²) in [7, 11) is 1.65. The van der Waals surface area contributed by atoms with E-state index in [4.69, 9.17) is 21.1 Å². The van der Waals surface area contributed by atoms with Crippen LogP contribution in [0, 0.1) is 0 Å². The molecule has 120 valence electrons. The van der Waals surface area contributed by atoms with Crippen molar-refractivity contribution in [2.45, 2.75) is 70.6 Å². The van der Waals surface area contributed by atoms with Gasteiger partial charge in [0.2, 0.25) is 0 Å². The van der Waals surface area contributed by atoms with Crippen LogP contribution < -0.4 is 0 Å². The van der Waals surface area contributed by atoms with Gasteiger partial charge >= 0.3 is 0 Å². The number of hydrogen-bond acceptors (Lipinski definition) is 2. The average Bonchev–Trinajstić information content (AvgIpc) is 2.47. The molecule has 0 radical (unpaired) electrons. The van der Waals surface area contributed by atoms with Crippen molar-refractivity contribution in [3.05, 3.63) is 12.2 Å². The van der Waals surface area contributed by atoms with Crippen LogP contribution in [0.1, 0.15) is 70.6 Å².